The first kappa shape index (κ1) is 14.5. The number of anilines is 1. The summed E-state index contributed by atoms with van der Waals surface area (Å²) in [5.41, 5.74) is 0.833. The molecule has 0 atom stereocenters. The minimum Gasteiger partial charge on any atom is -0.363 e. The van der Waals surface area contributed by atoms with E-state index in [0.29, 0.717) is 12.4 Å². The fourth-order valence-corrected chi connectivity index (χ4v) is 2.72. The molecule has 6 nitrogen and oxygen atoms in total. The van der Waals surface area contributed by atoms with E-state index in [1.54, 1.807) is 24.3 Å². The minimum atomic E-state index is -3.59. The van der Waals surface area contributed by atoms with Gasteiger partial charge in [0.15, 0.2) is 0 Å². The fraction of sp³-hybridized carbons (Fsp3) is 0.308. The highest BCUT2D eigenvalue weighted by atomic mass is 32.2. The number of pyridine rings is 1. The van der Waals surface area contributed by atoms with E-state index in [9.17, 15) is 8.42 Å². The Morgan fingerprint density at radius 2 is 2.20 bits per heavy atom. The number of aromatic amines is 1. The van der Waals surface area contributed by atoms with Crippen LogP contribution in [0.2, 0.25) is 0 Å². The first-order valence-corrected chi connectivity index (χ1v) is 7.92. The maximum Gasteiger partial charge on any atom is 0.264 e. The lowest BCUT2D eigenvalue weighted by atomic mass is 10.4. The van der Waals surface area contributed by atoms with Gasteiger partial charge in [-0.05, 0) is 31.2 Å². The number of sulfonamides is 1. The molecule has 0 radical (unpaired) electrons. The molecular weight excluding hydrogens is 276 g/mol. The second-order valence-electron chi connectivity index (χ2n) is 4.36. The first-order valence-electron chi connectivity index (χ1n) is 6.43. The zero-order valence-electron chi connectivity index (χ0n) is 11.3. The zero-order chi connectivity index (χ0) is 14.4. The highest BCUT2D eigenvalue weighted by molar-refractivity contribution is 7.92. The van der Waals surface area contributed by atoms with Gasteiger partial charge >= 0.3 is 0 Å². The Morgan fingerprint density at radius 1 is 1.35 bits per heavy atom. The Morgan fingerprint density at radius 3 is 2.90 bits per heavy atom. The third kappa shape index (κ3) is 3.82. The quantitative estimate of drug-likeness (QED) is 0.678. The molecule has 108 valence electrons. The van der Waals surface area contributed by atoms with E-state index < -0.39 is 10.0 Å². The van der Waals surface area contributed by atoms with E-state index in [4.69, 9.17) is 0 Å². The lowest BCUT2D eigenvalue weighted by Crippen LogP contribution is -2.14. The Balaban J connectivity index is 2.06. The molecule has 0 aliphatic rings. The monoisotopic (exact) mass is 294 g/mol. The number of rotatable bonds is 7. The SMILES string of the molecule is CCCNCc1cc(S(=O)(=O)Nc2ccccn2)c[nH]1. The molecule has 3 N–H and O–H groups in total. The second kappa shape index (κ2) is 6.53. The van der Waals surface area contributed by atoms with Crippen LogP contribution in [-0.4, -0.2) is 24.9 Å². The van der Waals surface area contributed by atoms with Crippen LogP contribution in [0.4, 0.5) is 5.82 Å². The van der Waals surface area contributed by atoms with Crippen molar-refractivity contribution in [2.45, 2.75) is 24.8 Å². The molecule has 2 aromatic heterocycles. The van der Waals surface area contributed by atoms with Gasteiger partial charge < -0.3 is 10.3 Å². The molecule has 0 amide bonds. The first-order chi connectivity index (χ1) is 9.62. The summed E-state index contributed by atoms with van der Waals surface area (Å²) >= 11 is 0. The molecule has 0 bridgehead atoms. The molecule has 2 aromatic rings. The number of nitrogens with one attached hydrogen (secondary N) is 3. The van der Waals surface area contributed by atoms with Crippen molar-refractivity contribution in [3.63, 3.8) is 0 Å². The average molecular weight is 294 g/mol. The number of nitrogens with zero attached hydrogens (tertiary/aromatic N) is 1. The Hall–Kier alpha value is -1.86. The molecular formula is C13H18N4O2S. The van der Waals surface area contributed by atoms with Crippen molar-refractivity contribution in [2.24, 2.45) is 0 Å². The molecule has 0 saturated heterocycles. The largest absolute Gasteiger partial charge is 0.363 e. The summed E-state index contributed by atoms with van der Waals surface area (Å²) < 4.78 is 26.7. The lowest BCUT2D eigenvalue weighted by Gasteiger charge is -2.04. The van der Waals surface area contributed by atoms with Crippen LogP contribution < -0.4 is 10.0 Å². The number of hydrogen-bond acceptors (Lipinski definition) is 4. The van der Waals surface area contributed by atoms with Gasteiger partial charge in [0.25, 0.3) is 10.0 Å². The maximum atomic E-state index is 12.2. The number of hydrogen-bond donors (Lipinski definition) is 3. The minimum absolute atomic E-state index is 0.205. The Kier molecular flexibility index (Phi) is 4.75. The Bertz CT molecular complexity index is 637. The summed E-state index contributed by atoms with van der Waals surface area (Å²) in [6, 6.07) is 6.68. The highest BCUT2D eigenvalue weighted by Crippen LogP contribution is 2.14. The summed E-state index contributed by atoms with van der Waals surface area (Å²) in [7, 11) is -3.59. The van der Waals surface area contributed by atoms with Crippen molar-refractivity contribution < 1.29 is 8.42 Å². The van der Waals surface area contributed by atoms with E-state index in [-0.39, 0.29) is 4.90 Å². The van der Waals surface area contributed by atoms with Crippen molar-refractivity contribution in [3.05, 3.63) is 42.4 Å². The summed E-state index contributed by atoms with van der Waals surface area (Å²) in [5.74, 6) is 0.305. The lowest BCUT2D eigenvalue weighted by molar-refractivity contribution is 0.601. The molecule has 0 fully saturated rings. The molecule has 7 heteroatoms. The van der Waals surface area contributed by atoms with Gasteiger partial charge in [0, 0.05) is 24.6 Å². The molecule has 2 heterocycles. The molecule has 0 aromatic carbocycles. The van der Waals surface area contributed by atoms with E-state index in [1.165, 1.54) is 12.4 Å². The molecule has 2 rings (SSSR count). The highest BCUT2D eigenvalue weighted by Gasteiger charge is 2.16. The predicted molar refractivity (Wildman–Crippen MR) is 77.8 cm³/mol. The zero-order valence-corrected chi connectivity index (χ0v) is 12.1. The number of aromatic nitrogens is 2. The molecule has 0 unspecified atom stereocenters. The van der Waals surface area contributed by atoms with Crippen LogP contribution in [-0.2, 0) is 16.6 Å². The van der Waals surface area contributed by atoms with Gasteiger partial charge in [-0.15, -0.1) is 0 Å². The van der Waals surface area contributed by atoms with Crippen LogP contribution in [0.1, 0.15) is 19.0 Å². The van der Waals surface area contributed by atoms with Crippen LogP contribution in [0.3, 0.4) is 0 Å². The molecule has 0 spiro atoms. The van der Waals surface area contributed by atoms with Gasteiger partial charge in [0.2, 0.25) is 0 Å². The maximum absolute atomic E-state index is 12.2. The van der Waals surface area contributed by atoms with Crippen LogP contribution in [0.25, 0.3) is 0 Å². The summed E-state index contributed by atoms with van der Waals surface area (Å²) in [6.45, 7) is 3.59. The van der Waals surface area contributed by atoms with E-state index in [1.807, 2.05) is 0 Å². The van der Waals surface area contributed by atoms with Gasteiger partial charge in [0.1, 0.15) is 10.7 Å². The topological polar surface area (TPSA) is 86.9 Å². The van der Waals surface area contributed by atoms with Gasteiger partial charge in [-0.2, -0.15) is 0 Å². The Labute approximate surface area is 118 Å². The molecule has 0 saturated carbocycles. The predicted octanol–water partition coefficient (Wildman–Crippen LogP) is 1.71. The van der Waals surface area contributed by atoms with Crippen molar-refractivity contribution in [2.75, 3.05) is 11.3 Å². The molecule has 20 heavy (non-hydrogen) atoms. The number of H-pyrrole nitrogens is 1. The third-order valence-corrected chi connectivity index (χ3v) is 4.01. The third-order valence-electron chi connectivity index (χ3n) is 2.67. The standard InChI is InChI=1S/C13H18N4O2S/c1-2-6-14-9-11-8-12(10-16-11)20(18,19)17-13-5-3-4-7-15-13/h3-5,7-8,10,14,16H,2,6,9H2,1H3,(H,15,17). The van der Waals surface area contributed by atoms with Crippen molar-refractivity contribution >= 4 is 15.8 Å². The van der Waals surface area contributed by atoms with Crippen molar-refractivity contribution in [1.29, 1.82) is 0 Å². The summed E-state index contributed by atoms with van der Waals surface area (Å²) in [5, 5.41) is 3.21. The smallest absolute Gasteiger partial charge is 0.264 e. The van der Waals surface area contributed by atoms with Crippen LogP contribution in [0.15, 0.2) is 41.6 Å². The second-order valence-corrected chi connectivity index (χ2v) is 6.04. The van der Waals surface area contributed by atoms with Crippen LogP contribution >= 0.6 is 0 Å². The van der Waals surface area contributed by atoms with Crippen molar-refractivity contribution in [1.82, 2.24) is 15.3 Å². The van der Waals surface area contributed by atoms with Crippen LogP contribution in [0, 0.1) is 0 Å². The fourth-order valence-electron chi connectivity index (χ4n) is 1.70. The summed E-state index contributed by atoms with van der Waals surface area (Å²) in [4.78, 5) is 7.10. The van der Waals surface area contributed by atoms with E-state index >= 15 is 0 Å². The van der Waals surface area contributed by atoms with Crippen LogP contribution in [0.5, 0.6) is 0 Å². The van der Waals surface area contributed by atoms with E-state index in [0.717, 1.165) is 18.7 Å². The van der Waals surface area contributed by atoms with Gasteiger partial charge in [-0.25, -0.2) is 13.4 Å². The molecule has 0 aliphatic carbocycles. The molecule has 0 aliphatic heterocycles. The van der Waals surface area contributed by atoms with Gasteiger partial charge in [-0.1, -0.05) is 13.0 Å². The van der Waals surface area contributed by atoms with Gasteiger partial charge in [0.05, 0.1) is 0 Å². The average Bonchev–Trinajstić information content (AvgIpc) is 2.89. The normalized spacial score (nSPS) is 11.4. The van der Waals surface area contributed by atoms with Crippen molar-refractivity contribution in [3.8, 4) is 0 Å². The van der Waals surface area contributed by atoms with E-state index in [2.05, 4.69) is 26.9 Å². The van der Waals surface area contributed by atoms with Gasteiger partial charge in [-0.3, -0.25) is 4.72 Å². The summed E-state index contributed by atoms with van der Waals surface area (Å²) in [6.07, 6.45) is 4.05.